The molecule has 172 valence electrons. The van der Waals surface area contributed by atoms with Crippen LogP contribution in [-0.4, -0.2) is 64.8 Å². The minimum Gasteiger partial charge on any atom is -0.349 e. The third-order valence-corrected chi connectivity index (χ3v) is 6.96. The first-order chi connectivity index (χ1) is 15.3. The van der Waals surface area contributed by atoms with Gasteiger partial charge in [0.25, 0.3) is 11.8 Å². The molecular formula is C23H29FN4O4. The summed E-state index contributed by atoms with van der Waals surface area (Å²) in [6.07, 6.45) is 4.13. The zero-order valence-corrected chi connectivity index (χ0v) is 18.2. The number of urea groups is 1. The molecule has 2 saturated heterocycles. The van der Waals surface area contributed by atoms with Crippen LogP contribution in [0.25, 0.3) is 0 Å². The quantitative estimate of drug-likeness (QED) is 0.695. The van der Waals surface area contributed by atoms with E-state index in [-0.39, 0.29) is 30.3 Å². The van der Waals surface area contributed by atoms with E-state index in [1.165, 1.54) is 24.3 Å². The predicted octanol–water partition coefficient (Wildman–Crippen LogP) is 2.05. The molecule has 5 amide bonds. The van der Waals surface area contributed by atoms with Crippen molar-refractivity contribution in [3.8, 4) is 0 Å². The number of nitrogens with zero attached hydrogens (tertiary/aromatic N) is 2. The van der Waals surface area contributed by atoms with Crippen LogP contribution in [0.1, 0.15) is 55.8 Å². The molecule has 2 aliphatic heterocycles. The van der Waals surface area contributed by atoms with Gasteiger partial charge in [0, 0.05) is 24.7 Å². The van der Waals surface area contributed by atoms with Crippen LogP contribution in [0.2, 0.25) is 0 Å². The van der Waals surface area contributed by atoms with Gasteiger partial charge in [0.15, 0.2) is 0 Å². The summed E-state index contributed by atoms with van der Waals surface area (Å²) < 4.78 is 13.0. The van der Waals surface area contributed by atoms with Gasteiger partial charge >= 0.3 is 6.03 Å². The summed E-state index contributed by atoms with van der Waals surface area (Å²) in [6, 6.07) is 4.76. The second-order valence-corrected chi connectivity index (χ2v) is 9.22. The number of halogens is 1. The summed E-state index contributed by atoms with van der Waals surface area (Å²) in [5, 5.41) is 5.76. The molecule has 0 aromatic heterocycles. The third kappa shape index (κ3) is 4.47. The first-order valence-corrected chi connectivity index (χ1v) is 11.3. The molecule has 3 aliphatic rings. The Morgan fingerprint density at radius 1 is 1.09 bits per heavy atom. The number of hydrogen-bond donors (Lipinski definition) is 2. The number of piperidine rings is 1. The molecule has 9 heteroatoms. The lowest BCUT2D eigenvalue weighted by molar-refractivity contribution is -0.140. The van der Waals surface area contributed by atoms with Gasteiger partial charge in [-0.1, -0.05) is 6.92 Å². The molecule has 1 aromatic rings. The first-order valence-electron chi connectivity index (χ1n) is 11.3. The zero-order chi connectivity index (χ0) is 22.9. The topological polar surface area (TPSA) is 98.8 Å². The summed E-state index contributed by atoms with van der Waals surface area (Å²) in [5.41, 5.74) is -0.462. The van der Waals surface area contributed by atoms with Crippen molar-refractivity contribution in [2.45, 2.75) is 57.0 Å². The minimum atomic E-state index is -0.846. The van der Waals surface area contributed by atoms with Crippen molar-refractivity contribution in [1.82, 2.24) is 20.4 Å². The fourth-order valence-corrected chi connectivity index (χ4v) is 4.79. The Bertz CT molecular complexity index is 903. The maximum atomic E-state index is 13.0. The summed E-state index contributed by atoms with van der Waals surface area (Å²) in [5.74, 6) is -0.697. The van der Waals surface area contributed by atoms with Crippen LogP contribution < -0.4 is 10.6 Å². The molecule has 1 spiro atoms. The van der Waals surface area contributed by atoms with Crippen molar-refractivity contribution in [3.63, 3.8) is 0 Å². The normalized spacial score (nSPS) is 26.4. The first kappa shape index (κ1) is 22.2. The van der Waals surface area contributed by atoms with Gasteiger partial charge in [0.2, 0.25) is 5.91 Å². The Morgan fingerprint density at radius 2 is 1.72 bits per heavy atom. The van der Waals surface area contributed by atoms with Gasteiger partial charge in [-0.05, 0) is 68.7 Å². The highest BCUT2D eigenvalue weighted by molar-refractivity contribution is 6.09. The van der Waals surface area contributed by atoms with E-state index in [4.69, 9.17) is 0 Å². The maximum Gasteiger partial charge on any atom is 0.325 e. The maximum absolute atomic E-state index is 13.0. The van der Waals surface area contributed by atoms with E-state index in [9.17, 15) is 23.6 Å². The van der Waals surface area contributed by atoms with Gasteiger partial charge in [0.1, 0.15) is 17.9 Å². The summed E-state index contributed by atoms with van der Waals surface area (Å²) in [4.78, 5) is 53.2. The number of carbonyl (C=O) groups is 4. The number of hydrogen-bond acceptors (Lipinski definition) is 4. The highest BCUT2D eigenvalue weighted by atomic mass is 19.1. The number of likely N-dealkylation sites (tertiary alicyclic amines) is 1. The second kappa shape index (κ2) is 8.88. The number of imide groups is 1. The van der Waals surface area contributed by atoms with Crippen molar-refractivity contribution in [2.24, 2.45) is 5.92 Å². The van der Waals surface area contributed by atoms with Crippen LogP contribution in [0, 0.1) is 11.7 Å². The van der Waals surface area contributed by atoms with Gasteiger partial charge in [-0.25, -0.2) is 9.18 Å². The van der Waals surface area contributed by atoms with E-state index in [1.807, 2.05) is 0 Å². The van der Waals surface area contributed by atoms with Gasteiger partial charge in [-0.3, -0.25) is 19.3 Å². The van der Waals surface area contributed by atoms with Crippen LogP contribution in [0.15, 0.2) is 24.3 Å². The van der Waals surface area contributed by atoms with Gasteiger partial charge in [-0.15, -0.1) is 0 Å². The second-order valence-electron chi connectivity index (χ2n) is 9.22. The average Bonchev–Trinajstić information content (AvgIpc) is 3.01. The lowest BCUT2D eigenvalue weighted by atomic mass is 9.77. The number of carbonyl (C=O) groups excluding carboxylic acids is 4. The Morgan fingerprint density at radius 3 is 2.34 bits per heavy atom. The summed E-state index contributed by atoms with van der Waals surface area (Å²) in [7, 11) is 0. The van der Waals surface area contributed by atoms with E-state index in [0.717, 1.165) is 17.7 Å². The number of amides is 5. The van der Waals surface area contributed by atoms with Crippen LogP contribution >= 0.6 is 0 Å². The smallest absolute Gasteiger partial charge is 0.325 e. The Kier molecular flexibility index (Phi) is 6.17. The molecule has 8 nitrogen and oxygen atoms in total. The molecule has 1 aliphatic carbocycles. The standard InChI is InChI=1S/C23H29FN4O4/c1-15-6-10-23(11-7-15)21(31)28(22(32)26-23)14-19(29)27-12-8-18(9-13-27)25-20(30)16-2-4-17(24)5-3-16/h2-5,15,18H,6-14H2,1H3,(H,25,30)(H,26,32). The molecule has 4 rings (SSSR count). The molecular weight excluding hydrogens is 415 g/mol. The van der Waals surface area contributed by atoms with Crippen molar-refractivity contribution in [2.75, 3.05) is 19.6 Å². The Labute approximate surface area is 186 Å². The van der Waals surface area contributed by atoms with E-state index in [0.29, 0.717) is 50.3 Å². The molecule has 0 unspecified atom stereocenters. The fourth-order valence-electron chi connectivity index (χ4n) is 4.79. The Balaban J connectivity index is 1.27. The van der Waals surface area contributed by atoms with E-state index >= 15 is 0 Å². The third-order valence-electron chi connectivity index (χ3n) is 6.96. The van der Waals surface area contributed by atoms with E-state index in [1.54, 1.807) is 4.90 Å². The number of rotatable bonds is 4. The molecule has 2 N–H and O–H groups in total. The van der Waals surface area contributed by atoms with Crippen LogP contribution in [0.4, 0.5) is 9.18 Å². The van der Waals surface area contributed by atoms with Crippen LogP contribution in [-0.2, 0) is 9.59 Å². The van der Waals surface area contributed by atoms with Gasteiger partial charge in [0.05, 0.1) is 0 Å². The molecule has 0 bridgehead atoms. The van der Waals surface area contributed by atoms with Crippen molar-refractivity contribution >= 4 is 23.8 Å². The van der Waals surface area contributed by atoms with Crippen LogP contribution in [0.5, 0.6) is 0 Å². The highest BCUT2D eigenvalue weighted by Gasteiger charge is 2.52. The number of nitrogens with one attached hydrogen (secondary N) is 2. The number of benzene rings is 1. The predicted molar refractivity (Wildman–Crippen MR) is 114 cm³/mol. The van der Waals surface area contributed by atoms with E-state index < -0.39 is 17.4 Å². The highest BCUT2D eigenvalue weighted by Crippen LogP contribution is 2.36. The minimum absolute atomic E-state index is 0.0965. The fraction of sp³-hybridized carbons (Fsp3) is 0.565. The molecule has 2 heterocycles. The van der Waals surface area contributed by atoms with Crippen LogP contribution in [0.3, 0.4) is 0 Å². The summed E-state index contributed by atoms with van der Waals surface area (Å²) >= 11 is 0. The van der Waals surface area contributed by atoms with Crippen molar-refractivity contribution in [3.05, 3.63) is 35.6 Å². The van der Waals surface area contributed by atoms with E-state index in [2.05, 4.69) is 17.6 Å². The lowest BCUT2D eigenvalue weighted by Gasteiger charge is -2.34. The monoisotopic (exact) mass is 444 g/mol. The van der Waals surface area contributed by atoms with Crippen molar-refractivity contribution in [1.29, 1.82) is 0 Å². The van der Waals surface area contributed by atoms with Gasteiger partial charge in [-0.2, -0.15) is 0 Å². The molecule has 0 atom stereocenters. The molecule has 3 fully saturated rings. The van der Waals surface area contributed by atoms with Crippen molar-refractivity contribution < 1.29 is 23.6 Å². The molecule has 1 aromatic carbocycles. The lowest BCUT2D eigenvalue weighted by Crippen LogP contribution is -2.51. The SMILES string of the molecule is CC1CCC2(CC1)NC(=O)N(CC(=O)N1CCC(NC(=O)c3ccc(F)cc3)CC1)C2=O. The zero-order valence-electron chi connectivity index (χ0n) is 18.2. The largest absolute Gasteiger partial charge is 0.349 e. The summed E-state index contributed by atoms with van der Waals surface area (Å²) in [6.45, 7) is 2.74. The molecule has 32 heavy (non-hydrogen) atoms. The average molecular weight is 445 g/mol. The molecule has 1 saturated carbocycles. The molecule has 0 radical (unpaired) electrons. The Hall–Kier alpha value is -2.97. The van der Waals surface area contributed by atoms with Gasteiger partial charge < -0.3 is 15.5 Å².